The zero-order valence-electron chi connectivity index (χ0n) is 30.7. The number of fused-ring (bicyclic) bond motifs is 1. The molecule has 2 atom stereocenters. The Balaban J connectivity index is 1.34. The Morgan fingerprint density at radius 3 is 2.40 bits per heavy atom. The van der Waals surface area contributed by atoms with Crippen LogP contribution in [0.15, 0.2) is 84.9 Å². The molecule has 0 fully saturated rings. The number of rotatable bonds is 16. The van der Waals surface area contributed by atoms with Crippen LogP contribution in [0.1, 0.15) is 68.4 Å². The molecule has 0 saturated carbocycles. The third-order valence-electron chi connectivity index (χ3n) is 8.85. The lowest BCUT2D eigenvalue weighted by Gasteiger charge is -2.31. The van der Waals surface area contributed by atoms with Crippen LogP contribution in [0.5, 0.6) is 11.5 Å². The number of nitrogens with one attached hydrogen (secondary N) is 2. The van der Waals surface area contributed by atoms with Crippen LogP contribution in [0.2, 0.25) is 10.0 Å². The first-order valence-corrected chi connectivity index (χ1v) is 18.7. The van der Waals surface area contributed by atoms with Crippen molar-refractivity contribution in [2.75, 3.05) is 38.3 Å². The Kier molecular flexibility index (Phi) is 14.2. The van der Waals surface area contributed by atoms with Crippen LogP contribution in [0.25, 0.3) is 0 Å². The van der Waals surface area contributed by atoms with Gasteiger partial charge in [-0.3, -0.25) is 9.59 Å². The molecule has 0 radical (unpaired) electrons. The fourth-order valence-corrected chi connectivity index (χ4v) is 6.75. The van der Waals surface area contributed by atoms with E-state index < -0.39 is 23.9 Å². The summed E-state index contributed by atoms with van der Waals surface area (Å²) in [5.74, 6) is -0.259. The van der Waals surface area contributed by atoms with Crippen molar-refractivity contribution in [1.29, 1.82) is 0 Å². The van der Waals surface area contributed by atoms with E-state index in [2.05, 4.69) is 16.7 Å². The number of hydrogen-bond acceptors (Lipinski definition) is 6. The minimum absolute atomic E-state index is 0.0251. The molecule has 4 aromatic carbocycles. The number of anilines is 1. The third kappa shape index (κ3) is 10.9. The van der Waals surface area contributed by atoms with Gasteiger partial charge in [-0.25, -0.2) is 4.39 Å². The number of para-hydroxylation sites is 1. The molecule has 1 heterocycles. The second-order valence-electron chi connectivity index (χ2n) is 14.3. The summed E-state index contributed by atoms with van der Waals surface area (Å²) in [7, 11) is 1.56. The Morgan fingerprint density at radius 1 is 0.925 bits per heavy atom. The first-order chi connectivity index (χ1) is 25.4. The van der Waals surface area contributed by atoms with Crippen LogP contribution < -0.4 is 25.0 Å². The van der Waals surface area contributed by atoms with Gasteiger partial charge in [-0.15, -0.1) is 0 Å². The number of amides is 2. The summed E-state index contributed by atoms with van der Waals surface area (Å²) in [5.41, 5.74) is 3.10. The van der Waals surface area contributed by atoms with Gasteiger partial charge in [0.15, 0.2) is 11.5 Å². The number of methoxy groups -OCH3 is 1. The van der Waals surface area contributed by atoms with Crippen molar-refractivity contribution in [3.63, 3.8) is 0 Å². The van der Waals surface area contributed by atoms with Crippen LogP contribution in [0.4, 0.5) is 10.1 Å². The van der Waals surface area contributed by atoms with E-state index in [0.29, 0.717) is 52.1 Å². The van der Waals surface area contributed by atoms with Crippen molar-refractivity contribution >= 4 is 40.7 Å². The summed E-state index contributed by atoms with van der Waals surface area (Å²) in [4.78, 5) is 29.4. The van der Waals surface area contributed by atoms with Gasteiger partial charge in [0.05, 0.1) is 20.1 Å². The van der Waals surface area contributed by atoms with E-state index in [0.717, 1.165) is 42.9 Å². The summed E-state index contributed by atoms with van der Waals surface area (Å²) in [6.07, 6.45) is 0.335. The standard InChI is InChI=1S/C42H48Cl2FN3O5/c1-42(2,3)27-48-35-20-19-30(43)24-32(35)39(53-37(41(48)50)25-38(49)47-26-29-13-6-8-17-34(29)45)31-15-9-18-36(40(31)51-4)52-23-11-22-46-21-10-14-28-12-5-7-16-33(28)44/h5-9,12-13,15-20,24,37,39,46H,10-11,14,21-23,25-27H2,1-4H3,(H,47,49)/t37-,39-/m1/s1. The predicted molar refractivity (Wildman–Crippen MR) is 209 cm³/mol. The number of carbonyl (C=O) groups excluding carboxylic acids is 2. The summed E-state index contributed by atoms with van der Waals surface area (Å²) >= 11 is 12.9. The number of ether oxygens (including phenoxy) is 3. The van der Waals surface area contributed by atoms with E-state index in [1.54, 1.807) is 42.3 Å². The van der Waals surface area contributed by atoms with E-state index >= 15 is 0 Å². The molecule has 11 heteroatoms. The maximum absolute atomic E-state index is 14.3. The average Bonchev–Trinajstić information content (AvgIpc) is 3.22. The van der Waals surface area contributed by atoms with Gasteiger partial charge in [0.2, 0.25) is 5.91 Å². The lowest BCUT2D eigenvalue weighted by Crippen LogP contribution is -2.45. The van der Waals surface area contributed by atoms with Gasteiger partial charge in [0, 0.05) is 45.5 Å². The highest BCUT2D eigenvalue weighted by molar-refractivity contribution is 6.31. The van der Waals surface area contributed by atoms with Gasteiger partial charge in [-0.2, -0.15) is 0 Å². The molecule has 8 nitrogen and oxygen atoms in total. The highest BCUT2D eigenvalue weighted by Gasteiger charge is 2.40. The number of halogens is 3. The zero-order chi connectivity index (χ0) is 38.0. The smallest absolute Gasteiger partial charge is 0.256 e. The molecular formula is C42H48Cl2FN3O5. The Labute approximate surface area is 321 Å². The normalized spacial score (nSPS) is 15.8. The van der Waals surface area contributed by atoms with Gasteiger partial charge in [-0.05, 0) is 79.7 Å². The molecule has 53 heavy (non-hydrogen) atoms. The molecule has 0 bridgehead atoms. The largest absolute Gasteiger partial charge is 0.492 e. The Morgan fingerprint density at radius 2 is 1.66 bits per heavy atom. The highest BCUT2D eigenvalue weighted by Crippen LogP contribution is 2.45. The molecule has 0 aliphatic carbocycles. The molecule has 0 spiro atoms. The van der Waals surface area contributed by atoms with Crippen molar-refractivity contribution in [1.82, 2.24) is 10.6 Å². The fourth-order valence-electron chi connectivity index (χ4n) is 6.34. The zero-order valence-corrected chi connectivity index (χ0v) is 32.2. The van der Waals surface area contributed by atoms with Gasteiger partial charge in [0.25, 0.3) is 5.91 Å². The first kappa shape index (κ1) is 40.0. The van der Waals surface area contributed by atoms with Crippen molar-refractivity contribution < 1.29 is 28.2 Å². The van der Waals surface area contributed by atoms with Crippen LogP contribution in [0, 0.1) is 11.2 Å². The molecule has 1 aliphatic heterocycles. The first-order valence-electron chi connectivity index (χ1n) is 18.0. The Bertz CT molecular complexity index is 1870. The second-order valence-corrected chi connectivity index (χ2v) is 15.1. The summed E-state index contributed by atoms with van der Waals surface area (Å²) in [6.45, 7) is 8.52. The monoisotopic (exact) mass is 763 g/mol. The van der Waals surface area contributed by atoms with Crippen LogP contribution in [-0.2, 0) is 27.3 Å². The molecule has 1 aliphatic rings. The molecule has 4 aromatic rings. The van der Waals surface area contributed by atoms with E-state index in [-0.39, 0.29) is 24.3 Å². The average molecular weight is 765 g/mol. The van der Waals surface area contributed by atoms with Crippen LogP contribution >= 0.6 is 23.2 Å². The summed E-state index contributed by atoms with van der Waals surface area (Å²) in [5, 5.41) is 7.48. The van der Waals surface area contributed by atoms with Gasteiger partial charge >= 0.3 is 0 Å². The minimum atomic E-state index is -1.17. The molecule has 2 amide bonds. The maximum Gasteiger partial charge on any atom is 0.256 e. The molecule has 0 unspecified atom stereocenters. The number of aryl methyl sites for hydroxylation is 1. The number of carbonyl (C=O) groups is 2. The lowest BCUT2D eigenvalue weighted by molar-refractivity contribution is -0.138. The van der Waals surface area contributed by atoms with Crippen LogP contribution in [0.3, 0.4) is 0 Å². The SMILES string of the molecule is COc1c(OCCCNCCCc2ccccc2Cl)cccc1[C@H]1O[C@H](CC(=O)NCc2ccccc2F)C(=O)N(CC(C)(C)C)c2ccc(Cl)cc21. The van der Waals surface area contributed by atoms with E-state index in [4.69, 9.17) is 37.4 Å². The van der Waals surface area contributed by atoms with Crippen LogP contribution in [-0.4, -0.2) is 51.3 Å². The number of benzene rings is 4. The van der Waals surface area contributed by atoms with Crippen molar-refractivity contribution in [3.8, 4) is 11.5 Å². The van der Waals surface area contributed by atoms with Crippen molar-refractivity contribution in [2.24, 2.45) is 5.41 Å². The predicted octanol–water partition coefficient (Wildman–Crippen LogP) is 8.71. The second kappa shape index (κ2) is 18.7. The molecule has 0 aromatic heterocycles. The molecule has 2 N–H and O–H groups in total. The topological polar surface area (TPSA) is 89.1 Å². The lowest BCUT2D eigenvalue weighted by atomic mass is 9.94. The maximum atomic E-state index is 14.3. The van der Waals surface area contributed by atoms with Gasteiger partial charge in [0.1, 0.15) is 18.0 Å². The van der Waals surface area contributed by atoms with E-state index in [9.17, 15) is 14.0 Å². The summed E-state index contributed by atoms with van der Waals surface area (Å²) < 4.78 is 33.2. The molecule has 0 saturated heterocycles. The number of nitrogens with zero attached hydrogens (tertiary/aromatic N) is 1. The van der Waals surface area contributed by atoms with Crippen molar-refractivity contribution in [2.45, 2.75) is 65.2 Å². The van der Waals surface area contributed by atoms with Crippen molar-refractivity contribution in [3.05, 3.63) is 123 Å². The molecular weight excluding hydrogens is 716 g/mol. The Hall–Kier alpha value is -4.15. The third-order valence-corrected chi connectivity index (χ3v) is 9.45. The number of hydrogen-bond donors (Lipinski definition) is 2. The molecule has 5 rings (SSSR count). The highest BCUT2D eigenvalue weighted by atomic mass is 35.5. The van der Waals surface area contributed by atoms with E-state index in [1.165, 1.54) is 6.07 Å². The van der Waals surface area contributed by atoms with E-state index in [1.807, 2.05) is 63.2 Å². The van der Waals surface area contributed by atoms with Gasteiger partial charge in [-0.1, -0.05) is 92.5 Å². The quantitative estimate of drug-likeness (QED) is 0.111. The van der Waals surface area contributed by atoms with Gasteiger partial charge < -0.3 is 29.7 Å². The minimum Gasteiger partial charge on any atom is -0.492 e. The fraction of sp³-hybridized carbons (Fsp3) is 0.381. The molecule has 282 valence electrons. The summed E-state index contributed by atoms with van der Waals surface area (Å²) in [6, 6.07) is 25.0.